The van der Waals surface area contributed by atoms with Crippen LogP contribution in [0.25, 0.3) is 11.6 Å². The molecule has 33 heavy (non-hydrogen) atoms. The first-order chi connectivity index (χ1) is 16.1. The summed E-state index contributed by atoms with van der Waals surface area (Å²) in [6.45, 7) is 4.24. The SMILES string of the molecule is C=CCCC/N=C(C#N)\C(=C\c1ccc(OC)c(OC)c1OC)c1ccc(OC)c(OC)c1. The van der Waals surface area contributed by atoms with Crippen molar-refractivity contribution < 1.29 is 23.7 Å². The molecule has 2 aromatic rings. The molecule has 0 spiro atoms. The summed E-state index contributed by atoms with van der Waals surface area (Å²) in [7, 11) is 7.80. The summed E-state index contributed by atoms with van der Waals surface area (Å²) < 4.78 is 27.3. The van der Waals surface area contributed by atoms with E-state index in [1.807, 2.05) is 30.4 Å². The van der Waals surface area contributed by atoms with E-state index in [0.29, 0.717) is 52.1 Å². The third kappa shape index (κ3) is 6.07. The van der Waals surface area contributed by atoms with Crippen LogP contribution in [0.3, 0.4) is 0 Å². The highest BCUT2D eigenvalue weighted by Crippen LogP contribution is 2.41. The number of allylic oxidation sites excluding steroid dienone is 2. The highest BCUT2D eigenvalue weighted by Gasteiger charge is 2.18. The van der Waals surface area contributed by atoms with Gasteiger partial charge in [-0.05, 0) is 48.7 Å². The van der Waals surface area contributed by atoms with Gasteiger partial charge < -0.3 is 23.7 Å². The maximum absolute atomic E-state index is 9.96. The second-order valence-electron chi connectivity index (χ2n) is 6.82. The van der Waals surface area contributed by atoms with Gasteiger partial charge in [-0.25, -0.2) is 0 Å². The maximum Gasteiger partial charge on any atom is 0.203 e. The summed E-state index contributed by atoms with van der Waals surface area (Å²) in [4.78, 5) is 4.55. The largest absolute Gasteiger partial charge is 0.493 e. The zero-order valence-corrected chi connectivity index (χ0v) is 19.8. The van der Waals surface area contributed by atoms with E-state index < -0.39 is 0 Å². The topological polar surface area (TPSA) is 82.3 Å². The Morgan fingerprint density at radius 1 is 0.909 bits per heavy atom. The van der Waals surface area contributed by atoms with Crippen LogP contribution in [0.5, 0.6) is 28.7 Å². The van der Waals surface area contributed by atoms with Gasteiger partial charge in [-0.3, -0.25) is 4.99 Å². The molecule has 0 amide bonds. The Balaban J connectivity index is 2.74. The molecule has 0 radical (unpaired) electrons. The Kier molecular flexibility index (Phi) is 9.84. The van der Waals surface area contributed by atoms with Crippen LogP contribution in [-0.4, -0.2) is 47.8 Å². The Morgan fingerprint density at radius 3 is 2.15 bits per heavy atom. The van der Waals surface area contributed by atoms with Crippen molar-refractivity contribution in [3.05, 3.63) is 54.1 Å². The van der Waals surface area contributed by atoms with E-state index >= 15 is 0 Å². The van der Waals surface area contributed by atoms with Crippen molar-refractivity contribution in [2.45, 2.75) is 12.8 Å². The van der Waals surface area contributed by atoms with Crippen LogP contribution in [-0.2, 0) is 0 Å². The molecular weight excluding hydrogens is 420 g/mol. The lowest BCUT2D eigenvalue weighted by Gasteiger charge is -2.16. The smallest absolute Gasteiger partial charge is 0.203 e. The molecule has 0 aliphatic heterocycles. The molecular formula is C26H30N2O5. The number of nitriles is 1. The predicted molar refractivity (Wildman–Crippen MR) is 131 cm³/mol. The van der Waals surface area contributed by atoms with Crippen molar-refractivity contribution in [3.8, 4) is 34.8 Å². The van der Waals surface area contributed by atoms with Gasteiger partial charge in [0.1, 0.15) is 11.8 Å². The Morgan fingerprint density at radius 2 is 1.58 bits per heavy atom. The normalized spacial score (nSPS) is 11.4. The number of hydrogen-bond acceptors (Lipinski definition) is 7. The molecule has 7 nitrogen and oxygen atoms in total. The first-order valence-electron chi connectivity index (χ1n) is 10.4. The second kappa shape index (κ2) is 12.8. The van der Waals surface area contributed by atoms with Crippen LogP contribution in [0.2, 0.25) is 0 Å². The maximum atomic E-state index is 9.96. The van der Waals surface area contributed by atoms with E-state index in [9.17, 15) is 5.26 Å². The number of benzene rings is 2. The minimum atomic E-state index is 0.295. The van der Waals surface area contributed by atoms with Crippen LogP contribution < -0.4 is 23.7 Å². The number of unbranched alkanes of at least 4 members (excludes halogenated alkanes) is 1. The van der Waals surface area contributed by atoms with E-state index in [1.54, 1.807) is 47.7 Å². The van der Waals surface area contributed by atoms with E-state index in [2.05, 4.69) is 17.6 Å². The average Bonchev–Trinajstić information content (AvgIpc) is 2.86. The molecule has 0 N–H and O–H groups in total. The number of methoxy groups -OCH3 is 5. The van der Waals surface area contributed by atoms with Crippen molar-refractivity contribution in [1.82, 2.24) is 0 Å². The van der Waals surface area contributed by atoms with Gasteiger partial charge in [-0.1, -0.05) is 12.1 Å². The summed E-state index contributed by atoms with van der Waals surface area (Å²) in [5.74, 6) is 2.62. The molecule has 174 valence electrons. The van der Waals surface area contributed by atoms with Gasteiger partial charge in [0.05, 0.1) is 35.5 Å². The highest BCUT2D eigenvalue weighted by molar-refractivity contribution is 6.34. The molecule has 0 atom stereocenters. The van der Waals surface area contributed by atoms with Gasteiger partial charge in [-0.2, -0.15) is 5.26 Å². The van der Waals surface area contributed by atoms with Crippen LogP contribution >= 0.6 is 0 Å². The number of rotatable bonds is 12. The average molecular weight is 451 g/mol. The lowest BCUT2D eigenvalue weighted by Crippen LogP contribution is -2.03. The lowest BCUT2D eigenvalue weighted by molar-refractivity contribution is 0.324. The zero-order valence-electron chi connectivity index (χ0n) is 19.8. The molecule has 0 saturated heterocycles. The van der Waals surface area contributed by atoms with E-state index in [4.69, 9.17) is 23.7 Å². The fourth-order valence-corrected chi connectivity index (χ4v) is 3.29. The van der Waals surface area contributed by atoms with Crippen molar-refractivity contribution in [1.29, 1.82) is 5.26 Å². The summed E-state index contributed by atoms with van der Waals surface area (Å²) in [5, 5.41) is 9.96. The van der Waals surface area contributed by atoms with Crippen molar-refractivity contribution in [2.75, 3.05) is 42.1 Å². The van der Waals surface area contributed by atoms with Gasteiger partial charge in [0.2, 0.25) is 5.75 Å². The van der Waals surface area contributed by atoms with Gasteiger partial charge in [0.15, 0.2) is 23.0 Å². The first kappa shape index (κ1) is 25.3. The molecule has 0 aliphatic carbocycles. The minimum Gasteiger partial charge on any atom is -0.493 e. The quantitative estimate of drug-likeness (QED) is 0.191. The highest BCUT2D eigenvalue weighted by atomic mass is 16.5. The minimum absolute atomic E-state index is 0.295. The molecule has 0 aromatic heterocycles. The van der Waals surface area contributed by atoms with Gasteiger partial charge in [0, 0.05) is 17.7 Å². The molecule has 0 heterocycles. The van der Waals surface area contributed by atoms with Gasteiger partial charge in [0.25, 0.3) is 0 Å². The predicted octanol–water partition coefficient (Wildman–Crippen LogP) is 5.20. The van der Waals surface area contributed by atoms with E-state index in [1.165, 1.54) is 0 Å². The lowest BCUT2D eigenvalue weighted by atomic mass is 9.97. The molecule has 2 aromatic carbocycles. The molecule has 0 bridgehead atoms. The number of nitrogens with zero attached hydrogens (tertiary/aromatic N) is 2. The summed E-state index contributed by atoms with van der Waals surface area (Å²) in [6.07, 6.45) is 5.30. The van der Waals surface area contributed by atoms with E-state index in [-0.39, 0.29) is 0 Å². The Bertz CT molecular complexity index is 1070. The van der Waals surface area contributed by atoms with Crippen LogP contribution in [0.4, 0.5) is 0 Å². The molecule has 2 rings (SSSR count). The zero-order chi connectivity index (χ0) is 24.2. The number of aliphatic imine (C=N–C) groups is 1. The summed E-state index contributed by atoms with van der Waals surface area (Å²) in [6, 6.07) is 11.3. The number of ether oxygens (including phenoxy) is 5. The van der Waals surface area contributed by atoms with Crippen LogP contribution in [0.15, 0.2) is 48.0 Å². The van der Waals surface area contributed by atoms with Crippen molar-refractivity contribution in [2.24, 2.45) is 4.99 Å². The molecule has 0 aliphatic rings. The summed E-state index contributed by atoms with van der Waals surface area (Å²) >= 11 is 0. The Hall–Kier alpha value is -3.92. The van der Waals surface area contributed by atoms with Crippen LogP contribution in [0, 0.1) is 11.3 Å². The molecule has 0 unspecified atom stereocenters. The monoisotopic (exact) mass is 450 g/mol. The molecule has 7 heteroatoms. The Labute approximate surface area is 195 Å². The standard InChI is InChI=1S/C26H30N2O5/c1-7-8-9-14-28-21(17-27)20(18-10-12-22(29-2)24(16-18)31-4)15-19-11-13-23(30-3)26(33-6)25(19)32-5/h7,10-13,15-16H,1,8-9,14H2,2-6H3/b20-15+,28-21-. The van der Waals surface area contributed by atoms with Crippen molar-refractivity contribution in [3.63, 3.8) is 0 Å². The van der Waals surface area contributed by atoms with E-state index in [0.717, 1.165) is 18.4 Å². The summed E-state index contributed by atoms with van der Waals surface area (Å²) in [5.41, 5.74) is 2.35. The fraction of sp³-hybridized carbons (Fsp3) is 0.308. The molecule has 0 saturated carbocycles. The second-order valence-corrected chi connectivity index (χ2v) is 6.82. The fourth-order valence-electron chi connectivity index (χ4n) is 3.29. The van der Waals surface area contributed by atoms with Gasteiger partial charge >= 0.3 is 0 Å². The van der Waals surface area contributed by atoms with Crippen molar-refractivity contribution >= 4 is 17.4 Å². The third-order valence-electron chi connectivity index (χ3n) is 4.93. The van der Waals surface area contributed by atoms with Crippen LogP contribution in [0.1, 0.15) is 24.0 Å². The van der Waals surface area contributed by atoms with Gasteiger partial charge in [-0.15, -0.1) is 6.58 Å². The first-order valence-corrected chi connectivity index (χ1v) is 10.4. The third-order valence-corrected chi connectivity index (χ3v) is 4.93. The molecule has 0 fully saturated rings. The number of hydrogen-bond donors (Lipinski definition) is 0.